The highest BCUT2D eigenvalue weighted by Gasteiger charge is 2.31. The van der Waals surface area contributed by atoms with E-state index in [0.717, 1.165) is 31.5 Å². The summed E-state index contributed by atoms with van der Waals surface area (Å²) in [4.78, 5) is 6.40. The monoisotopic (exact) mass is 493 g/mol. The Hall–Kier alpha value is -3.42. The first kappa shape index (κ1) is 27.2. The summed E-state index contributed by atoms with van der Waals surface area (Å²) in [5.41, 5.74) is 7.10. The van der Waals surface area contributed by atoms with Crippen LogP contribution in [0.1, 0.15) is 48.9 Å². The molecular formula is C27H35N5O4. The molecule has 9 nitrogen and oxygen atoms in total. The molecule has 0 atom stereocenters. The predicted octanol–water partition coefficient (Wildman–Crippen LogP) is 1.94. The third-order valence-corrected chi connectivity index (χ3v) is 5.78. The van der Waals surface area contributed by atoms with E-state index in [2.05, 4.69) is 34.1 Å². The zero-order valence-electron chi connectivity index (χ0n) is 21.2. The van der Waals surface area contributed by atoms with Crippen molar-refractivity contribution in [2.45, 2.75) is 51.2 Å². The molecule has 36 heavy (non-hydrogen) atoms. The van der Waals surface area contributed by atoms with Gasteiger partial charge in [-0.1, -0.05) is 11.8 Å². The van der Waals surface area contributed by atoms with E-state index in [4.69, 9.17) is 15.9 Å². The van der Waals surface area contributed by atoms with E-state index in [1.165, 1.54) is 24.5 Å². The Balaban J connectivity index is 1.84. The van der Waals surface area contributed by atoms with Crippen LogP contribution in [0.2, 0.25) is 0 Å². The number of aromatic nitrogens is 1. The van der Waals surface area contributed by atoms with Gasteiger partial charge in [0, 0.05) is 41.4 Å². The van der Waals surface area contributed by atoms with Gasteiger partial charge in [-0.25, -0.2) is 4.98 Å². The molecule has 1 aromatic heterocycles. The number of hydrogen-bond donors (Lipinski definition) is 6. The molecule has 1 aliphatic heterocycles. The van der Waals surface area contributed by atoms with Crippen molar-refractivity contribution in [1.82, 2.24) is 15.2 Å². The molecular weight excluding hydrogens is 458 g/mol. The average molecular weight is 494 g/mol. The minimum absolute atomic E-state index is 0.0338. The third-order valence-electron chi connectivity index (χ3n) is 5.78. The number of aryl methyl sites for hydroxylation is 1. The van der Waals surface area contributed by atoms with Crippen molar-refractivity contribution in [3.63, 3.8) is 0 Å². The van der Waals surface area contributed by atoms with Crippen LogP contribution in [0.5, 0.6) is 5.75 Å². The molecule has 0 aliphatic carbocycles. The van der Waals surface area contributed by atoms with E-state index >= 15 is 0 Å². The van der Waals surface area contributed by atoms with Gasteiger partial charge in [0.15, 0.2) is 11.6 Å². The Labute approximate surface area is 212 Å². The highest BCUT2D eigenvalue weighted by Crippen LogP contribution is 2.30. The zero-order chi connectivity index (χ0) is 26.5. The maximum atomic E-state index is 10.8. The topological polar surface area (TPSA) is 148 Å². The molecule has 1 fully saturated rings. The molecule has 9 heteroatoms. The number of rotatable bonds is 7. The van der Waals surface area contributed by atoms with Gasteiger partial charge in [-0.2, -0.15) is 0 Å². The second-order valence-electron chi connectivity index (χ2n) is 9.70. The van der Waals surface area contributed by atoms with Crippen LogP contribution in [0.3, 0.4) is 0 Å². The summed E-state index contributed by atoms with van der Waals surface area (Å²) in [5.74, 6) is 2.72. The number of nitrogen functional groups attached to an aromatic ring is 1. The zero-order valence-corrected chi connectivity index (χ0v) is 21.2. The van der Waals surface area contributed by atoms with Gasteiger partial charge in [0.05, 0.1) is 5.56 Å². The maximum Gasteiger partial charge on any atom is 0.351 e. The van der Waals surface area contributed by atoms with Crippen LogP contribution in [0.4, 0.5) is 5.82 Å². The second kappa shape index (κ2) is 11.1. The molecule has 0 bridgehead atoms. The van der Waals surface area contributed by atoms with Gasteiger partial charge >= 0.3 is 5.97 Å². The molecule has 0 amide bonds. The van der Waals surface area contributed by atoms with Crippen molar-refractivity contribution in [3.05, 3.63) is 58.9 Å². The lowest BCUT2D eigenvalue weighted by Gasteiger charge is -2.29. The summed E-state index contributed by atoms with van der Waals surface area (Å²) in [6, 6.07) is 6.60. The van der Waals surface area contributed by atoms with Crippen LogP contribution in [-0.2, 0) is 5.97 Å². The first-order valence-corrected chi connectivity index (χ1v) is 11.8. The number of hydrogen-bond acceptors (Lipinski definition) is 9. The van der Waals surface area contributed by atoms with E-state index in [1.54, 1.807) is 39.1 Å². The lowest BCUT2D eigenvalue weighted by atomic mass is 10.0. The van der Waals surface area contributed by atoms with Crippen molar-refractivity contribution < 1.29 is 20.1 Å². The Kier molecular flexibility index (Phi) is 8.38. The third kappa shape index (κ3) is 7.54. The van der Waals surface area contributed by atoms with Gasteiger partial charge in [-0.05, 0) is 83.6 Å². The molecule has 7 N–H and O–H groups in total. The summed E-state index contributed by atoms with van der Waals surface area (Å²) in [6.07, 6.45) is 6.46. The average Bonchev–Trinajstić information content (AvgIpc) is 2.80. The van der Waals surface area contributed by atoms with Crippen molar-refractivity contribution in [1.29, 1.82) is 5.41 Å². The van der Waals surface area contributed by atoms with Crippen LogP contribution in [-0.4, -0.2) is 63.2 Å². The molecule has 1 aliphatic rings. The highest BCUT2D eigenvalue weighted by atomic mass is 16.8. The smallest absolute Gasteiger partial charge is 0.351 e. The molecule has 3 rings (SSSR count). The fourth-order valence-electron chi connectivity index (χ4n) is 3.77. The van der Waals surface area contributed by atoms with Crippen LogP contribution in [0.15, 0.2) is 36.7 Å². The van der Waals surface area contributed by atoms with Crippen molar-refractivity contribution in [2.24, 2.45) is 0 Å². The molecule has 1 aromatic carbocycles. The highest BCUT2D eigenvalue weighted by molar-refractivity contribution is 6.08. The molecule has 2 heterocycles. The molecule has 192 valence electrons. The summed E-state index contributed by atoms with van der Waals surface area (Å²) in [7, 11) is 2.10. The number of ether oxygens (including phenoxy) is 1. The standard InChI is InChI=1S/C27H35N5O4/c1-18-11-19(5-8-26(2,3)33)13-22(12-18)27(34,35)36-24-14-20(16-31-25(24)29)21(15-28)17-30-23-6-9-32(4)10-7-23/h11-17,23,28,30,33-35H,6-7,9-10H2,1-4H3,(H2,29,31)/b21-17+,28-15?. The lowest BCUT2D eigenvalue weighted by Crippen LogP contribution is -2.38. The number of benzene rings is 1. The number of nitrogens with one attached hydrogen (secondary N) is 2. The first-order chi connectivity index (χ1) is 16.9. The van der Waals surface area contributed by atoms with Crippen LogP contribution in [0.25, 0.3) is 5.57 Å². The van der Waals surface area contributed by atoms with Crippen molar-refractivity contribution in [2.75, 3.05) is 25.9 Å². The van der Waals surface area contributed by atoms with Gasteiger partial charge in [0.25, 0.3) is 0 Å². The van der Waals surface area contributed by atoms with Gasteiger partial charge in [0.2, 0.25) is 0 Å². The number of pyridine rings is 1. The minimum atomic E-state index is -2.73. The number of allylic oxidation sites excluding steroid dienone is 1. The number of aliphatic hydroxyl groups is 3. The van der Waals surface area contributed by atoms with Crippen LogP contribution >= 0.6 is 0 Å². The molecule has 0 spiro atoms. The fraction of sp³-hybridized carbons (Fsp3) is 0.407. The maximum absolute atomic E-state index is 10.8. The van der Waals surface area contributed by atoms with E-state index < -0.39 is 11.6 Å². The Bertz CT molecular complexity index is 1180. The number of piperidine rings is 1. The van der Waals surface area contributed by atoms with Crippen molar-refractivity contribution >= 4 is 17.6 Å². The fourth-order valence-corrected chi connectivity index (χ4v) is 3.77. The summed E-state index contributed by atoms with van der Waals surface area (Å²) < 4.78 is 5.51. The largest absolute Gasteiger partial charge is 0.432 e. The minimum Gasteiger partial charge on any atom is -0.432 e. The molecule has 0 radical (unpaired) electrons. The van der Waals surface area contributed by atoms with Gasteiger partial charge < -0.3 is 41.4 Å². The SMILES string of the molecule is Cc1cc(C#CC(C)(C)O)cc(C(O)(O)Oc2cc(/C(C=N)=C/NC3CCN(C)CC3)cnc2N)c1. The van der Waals surface area contributed by atoms with Crippen LogP contribution in [0, 0.1) is 24.2 Å². The second-order valence-corrected chi connectivity index (χ2v) is 9.70. The lowest BCUT2D eigenvalue weighted by molar-refractivity contribution is -0.303. The van der Waals surface area contributed by atoms with Gasteiger partial charge in [-0.3, -0.25) is 0 Å². The number of anilines is 1. The Morgan fingerprint density at radius 2 is 1.92 bits per heavy atom. The molecule has 2 aromatic rings. The molecule has 0 saturated carbocycles. The Morgan fingerprint density at radius 1 is 1.22 bits per heavy atom. The summed E-state index contributed by atoms with van der Waals surface area (Å²) in [6.45, 7) is 6.91. The first-order valence-electron chi connectivity index (χ1n) is 11.8. The molecule has 1 saturated heterocycles. The van der Waals surface area contributed by atoms with Crippen molar-refractivity contribution in [3.8, 4) is 17.6 Å². The summed E-state index contributed by atoms with van der Waals surface area (Å²) >= 11 is 0. The molecule has 0 unspecified atom stereocenters. The normalized spacial score (nSPS) is 15.7. The van der Waals surface area contributed by atoms with E-state index in [9.17, 15) is 15.3 Å². The van der Waals surface area contributed by atoms with Gasteiger partial charge in [-0.15, -0.1) is 0 Å². The number of nitrogens with two attached hydrogens (primary N) is 1. The van der Waals surface area contributed by atoms with Gasteiger partial charge in [0.1, 0.15) is 5.60 Å². The number of nitrogens with zero attached hydrogens (tertiary/aromatic N) is 2. The summed E-state index contributed by atoms with van der Waals surface area (Å²) in [5, 5.41) is 42.7. The van der Waals surface area contributed by atoms with E-state index in [1.807, 2.05) is 0 Å². The number of likely N-dealkylation sites (tertiary alicyclic amines) is 1. The van der Waals surface area contributed by atoms with E-state index in [0.29, 0.717) is 22.7 Å². The predicted molar refractivity (Wildman–Crippen MR) is 140 cm³/mol. The quantitative estimate of drug-likeness (QED) is 0.195. The van der Waals surface area contributed by atoms with Crippen LogP contribution < -0.4 is 15.8 Å². The Morgan fingerprint density at radius 3 is 2.56 bits per heavy atom. The van der Waals surface area contributed by atoms with E-state index in [-0.39, 0.29) is 17.1 Å².